The molecule has 0 amide bonds. The first kappa shape index (κ1) is 15.3. The van der Waals surface area contributed by atoms with Gasteiger partial charge in [-0.2, -0.15) is 0 Å². The van der Waals surface area contributed by atoms with Crippen LogP contribution in [-0.2, 0) is 5.60 Å². The van der Waals surface area contributed by atoms with E-state index < -0.39 is 11.4 Å². The molecule has 2 rings (SSSR count). The van der Waals surface area contributed by atoms with Crippen molar-refractivity contribution in [3.05, 3.63) is 33.0 Å². The Morgan fingerprint density at radius 3 is 2.47 bits per heavy atom. The molecule has 1 aromatic rings. The van der Waals surface area contributed by atoms with E-state index in [0.29, 0.717) is 34.7 Å². The predicted octanol–water partition coefficient (Wildman–Crippen LogP) is 5.28. The number of rotatable bonds is 2. The molecule has 106 valence electrons. The monoisotopic (exact) mass is 348 g/mol. The average molecular weight is 350 g/mol. The predicted molar refractivity (Wildman–Crippen MR) is 79.8 cm³/mol. The summed E-state index contributed by atoms with van der Waals surface area (Å²) < 4.78 is 14.7. The Balaban J connectivity index is 2.25. The third-order valence-electron chi connectivity index (χ3n) is 4.34. The molecule has 19 heavy (non-hydrogen) atoms. The molecule has 1 aliphatic carbocycles. The van der Waals surface area contributed by atoms with Gasteiger partial charge < -0.3 is 5.11 Å². The number of hydrogen-bond donors (Lipinski definition) is 1. The molecule has 1 aromatic carbocycles. The van der Waals surface area contributed by atoms with Gasteiger partial charge in [0.15, 0.2) is 0 Å². The van der Waals surface area contributed by atoms with E-state index in [4.69, 9.17) is 11.6 Å². The Morgan fingerprint density at radius 2 is 1.95 bits per heavy atom. The smallest absolute Gasteiger partial charge is 0.149 e. The molecule has 0 spiro atoms. The Kier molecular flexibility index (Phi) is 4.59. The Morgan fingerprint density at radius 1 is 1.37 bits per heavy atom. The van der Waals surface area contributed by atoms with Crippen molar-refractivity contribution in [1.82, 2.24) is 0 Å². The Hall–Kier alpha value is -0.120. The van der Waals surface area contributed by atoms with Crippen molar-refractivity contribution in [3.8, 4) is 0 Å². The molecule has 4 heteroatoms. The molecule has 1 N–H and O–H groups in total. The fourth-order valence-electron chi connectivity index (χ4n) is 2.94. The maximum atomic E-state index is 14.2. The summed E-state index contributed by atoms with van der Waals surface area (Å²) in [7, 11) is 0. The quantitative estimate of drug-likeness (QED) is 0.721. The lowest BCUT2D eigenvalue weighted by atomic mass is 9.72. The van der Waals surface area contributed by atoms with Crippen molar-refractivity contribution < 1.29 is 9.50 Å². The maximum absolute atomic E-state index is 14.2. The van der Waals surface area contributed by atoms with Crippen molar-refractivity contribution >= 4 is 27.5 Å². The average Bonchev–Trinajstić information content (AvgIpc) is 2.36. The molecule has 0 atom stereocenters. The minimum absolute atomic E-state index is 0.0527. The summed E-state index contributed by atoms with van der Waals surface area (Å²) in [6, 6.07) is 3.34. The Labute approximate surface area is 127 Å². The van der Waals surface area contributed by atoms with Crippen LogP contribution in [-0.4, -0.2) is 5.11 Å². The van der Waals surface area contributed by atoms with Gasteiger partial charge in [-0.05, 0) is 59.5 Å². The molecule has 1 aliphatic rings. The van der Waals surface area contributed by atoms with E-state index in [0.717, 1.165) is 12.8 Å². The molecule has 1 nitrogen and oxygen atoms in total. The van der Waals surface area contributed by atoms with Gasteiger partial charge in [-0.15, -0.1) is 0 Å². The second-order valence-corrected chi connectivity index (χ2v) is 7.07. The van der Waals surface area contributed by atoms with Crippen LogP contribution in [0.3, 0.4) is 0 Å². The lowest BCUT2D eigenvalue weighted by Gasteiger charge is -2.38. The van der Waals surface area contributed by atoms with E-state index in [1.807, 2.05) is 0 Å². The minimum atomic E-state index is -1.07. The van der Waals surface area contributed by atoms with E-state index in [1.165, 1.54) is 0 Å². The van der Waals surface area contributed by atoms with Crippen LogP contribution in [0.2, 0.25) is 5.02 Å². The van der Waals surface area contributed by atoms with Crippen LogP contribution >= 0.6 is 27.5 Å². The van der Waals surface area contributed by atoms with Gasteiger partial charge in [0.2, 0.25) is 0 Å². The first-order valence-electron chi connectivity index (χ1n) is 6.71. The Bertz CT molecular complexity index is 467. The van der Waals surface area contributed by atoms with Crippen LogP contribution in [0.5, 0.6) is 0 Å². The highest BCUT2D eigenvalue weighted by Crippen LogP contribution is 2.44. The normalized spacial score (nSPS) is 27.8. The molecule has 0 aromatic heterocycles. The first-order chi connectivity index (χ1) is 8.85. The van der Waals surface area contributed by atoms with Crippen LogP contribution in [0.15, 0.2) is 16.6 Å². The van der Waals surface area contributed by atoms with Gasteiger partial charge in [-0.25, -0.2) is 4.39 Å². The second kappa shape index (κ2) is 5.71. The van der Waals surface area contributed by atoms with Gasteiger partial charge in [0.25, 0.3) is 0 Å². The van der Waals surface area contributed by atoms with Crippen LogP contribution in [0.25, 0.3) is 0 Å². The summed E-state index contributed by atoms with van der Waals surface area (Å²) in [6.07, 6.45) is 3.07. The van der Waals surface area contributed by atoms with Gasteiger partial charge in [0.1, 0.15) is 5.82 Å². The molecule has 0 radical (unpaired) electrons. The molecule has 0 unspecified atom stereocenters. The molecule has 0 aliphatic heterocycles. The van der Waals surface area contributed by atoms with Crippen molar-refractivity contribution in [3.63, 3.8) is 0 Å². The van der Waals surface area contributed by atoms with Crippen LogP contribution in [0, 0.1) is 17.7 Å². The van der Waals surface area contributed by atoms with Crippen LogP contribution < -0.4 is 0 Å². The number of aliphatic hydroxyl groups is 1. The van der Waals surface area contributed by atoms with Crippen molar-refractivity contribution in [2.24, 2.45) is 11.8 Å². The molecular formula is C15H19BrClFO. The number of halogens is 3. The van der Waals surface area contributed by atoms with Gasteiger partial charge in [-0.1, -0.05) is 31.5 Å². The lowest BCUT2D eigenvalue weighted by molar-refractivity contribution is -0.0227. The summed E-state index contributed by atoms with van der Waals surface area (Å²) in [5.74, 6) is 0.735. The molecule has 0 bridgehead atoms. The zero-order valence-electron chi connectivity index (χ0n) is 11.2. The summed E-state index contributed by atoms with van der Waals surface area (Å²) in [5, 5.41) is 10.8. The molecular weight excluding hydrogens is 331 g/mol. The van der Waals surface area contributed by atoms with E-state index in [2.05, 4.69) is 29.8 Å². The van der Waals surface area contributed by atoms with Gasteiger partial charge in [0.05, 0.1) is 10.6 Å². The minimum Gasteiger partial charge on any atom is -0.385 e. The van der Waals surface area contributed by atoms with E-state index in [9.17, 15) is 9.50 Å². The summed E-state index contributed by atoms with van der Waals surface area (Å²) in [4.78, 5) is 0. The largest absolute Gasteiger partial charge is 0.385 e. The van der Waals surface area contributed by atoms with Gasteiger partial charge in [-0.3, -0.25) is 0 Å². The summed E-state index contributed by atoms with van der Waals surface area (Å²) in [5.41, 5.74) is -0.734. The van der Waals surface area contributed by atoms with E-state index in [1.54, 1.807) is 12.1 Å². The standard InChI is InChI=1S/C15H19BrClFO/c1-9(2)10-5-7-15(19,8-6-10)11-3-4-12(16)13(17)14(11)18/h3-4,9-10,19H,5-8H2,1-2H3. The number of hydrogen-bond acceptors (Lipinski definition) is 1. The highest BCUT2D eigenvalue weighted by molar-refractivity contribution is 9.10. The highest BCUT2D eigenvalue weighted by atomic mass is 79.9. The fraction of sp³-hybridized carbons (Fsp3) is 0.600. The van der Waals surface area contributed by atoms with Gasteiger partial charge >= 0.3 is 0 Å². The molecule has 1 fully saturated rings. The van der Waals surface area contributed by atoms with Gasteiger partial charge in [0, 0.05) is 10.0 Å². The molecule has 0 saturated heterocycles. The highest BCUT2D eigenvalue weighted by Gasteiger charge is 2.38. The van der Waals surface area contributed by atoms with Crippen molar-refractivity contribution in [1.29, 1.82) is 0 Å². The second-order valence-electron chi connectivity index (χ2n) is 5.84. The molecule has 0 heterocycles. The maximum Gasteiger partial charge on any atom is 0.149 e. The zero-order chi connectivity index (χ0) is 14.2. The number of benzene rings is 1. The summed E-state index contributed by atoms with van der Waals surface area (Å²) >= 11 is 9.11. The van der Waals surface area contributed by atoms with Crippen LogP contribution in [0.4, 0.5) is 4.39 Å². The molecule has 1 saturated carbocycles. The fourth-order valence-corrected chi connectivity index (χ4v) is 3.41. The third kappa shape index (κ3) is 2.98. The first-order valence-corrected chi connectivity index (χ1v) is 7.88. The summed E-state index contributed by atoms with van der Waals surface area (Å²) in [6.45, 7) is 4.40. The lowest BCUT2D eigenvalue weighted by Crippen LogP contribution is -2.33. The topological polar surface area (TPSA) is 20.2 Å². The van der Waals surface area contributed by atoms with E-state index >= 15 is 0 Å². The third-order valence-corrected chi connectivity index (χ3v) is 5.60. The van der Waals surface area contributed by atoms with Crippen molar-refractivity contribution in [2.75, 3.05) is 0 Å². The van der Waals surface area contributed by atoms with Crippen molar-refractivity contribution in [2.45, 2.75) is 45.1 Å². The van der Waals surface area contributed by atoms with Crippen LogP contribution in [0.1, 0.15) is 45.1 Å². The van der Waals surface area contributed by atoms with E-state index in [-0.39, 0.29) is 5.02 Å². The SMILES string of the molecule is CC(C)C1CCC(O)(c2ccc(Br)c(Cl)c2F)CC1. The zero-order valence-corrected chi connectivity index (χ0v) is 13.6.